The Morgan fingerprint density at radius 2 is 1.84 bits per heavy atom. The van der Waals surface area contributed by atoms with E-state index in [9.17, 15) is 18.4 Å². The Kier molecular flexibility index (Phi) is 6.91. The molecule has 3 aromatic carbocycles. The number of benzene rings is 3. The van der Waals surface area contributed by atoms with E-state index in [1.54, 1.807) is 18.2 Å². The number of hydrogen-bond donors (Lipinski definition) is 2. The molecule has 0 aliphatic carbocycles. The lowest BCUT2D eigenvalue weighted by molar-refractivity contribution is -0.140. The van der Waals surface area contributed by atoms with Crippen LogP contribution in [0.4, 0.5) is 13.6 Å². The SMILES string of the molecule is N#Cc1cc(COC(=O)C2=C(CCc3ccc4c(c3)OCO4)NC(=O)NC2c2cccc(F)c2)ccc1F. The van der Waals surface area contributed by atoms with E-state index in [0.29, 0.717) is 34.7 Å². The first-order valence-electron chi connectivity index (χ1n) is 11.7. The number of allylic oxidation sites excluding steroid dienone is 1. The average Bonchev–Trinajstić information content (AvgIpc) is 3.39. The zero-order valence-electron chi connectivity index (χ0n) is 19.9. The number of esters is 1. The van der Waals surface area contributed by atoms with Crippen LogP contribution in [-0.2, 0) is 22.6 Å². The van der Waals surface area contributed by atoms with Gasteiger partial charge in [-0.1, -0.05) is 24.3 Å². The summed E-state index contributed by atoms with van der Waals surface area (Å²) in [4.78, 5) is 26.0. The van der Waals surface area contributed by atoms with E-state index in [0.717, 1.165) is 11.6 Å². The molecule has 192 valence electrons. The molecule has 8 nitrogen and oxygen atoms in total. The van der Waals surface area contributed by atoms with Crippen molar-refractivity contribution in [1.29, 1.82) is 5.26 Å². The van der Waals surface area contributed by atoms with E-state index in [4.69, 9.17) is 19.5 Å². The van der Waals surface area contributed by atoms with Gasteiger partial charge in [0.1, 0.15) is 24.3 Å². The molecule has 2 N–H and O–H groups in total. The van der Waals surface area contributed by atoms with Crippen LogP contribution in [0.2, 0.25) is 0 Å². The molecule has 2 aliphatic heterocycles. The summed E-state index contributed by atoms with van der Waals surface area (Å²) in [5.41, 5.74) is 1.92. The highest BCUT2D eigenvalue weighted by atomic mass is 19.1. The average molecular weight is 517 g/mol. The van der Waals surface area contributed by atoms with E-state index in [1.807, 2.05) is 12.1 Å². The van der Waals surface area contributed by atoms with E-state index >= 15 is 0 Å². The molecule has 1 unspecified atom stereocenters. The van der Waals surface area contributed by atoms with E-state index in [1.165, 1.54) is 30.3 Å². The first kappa shape index (κ1) is 24.8. The highest BCUT2D eigenvalue weighted by Crippen LogP contribution is 2.34. The van der Waals surface area contributed by atoms with Gasteiger partial charge in [0.25, 0.3) is 0 Å². The molecule has 2 heterocycles. The maximum atomic E-state index is 14.1. The van der Waals surface area contributed by atoms with Crippen LogP contribution >= 0.6 is 0 Å². The molecule has 1 atom stereocenters. The summed E-state index contributed by atoms with van der Waals surface area (Å²) in [6, 6.07) is 15.1. The number of aryl methyl sites for hydroxylation is 1. The van der Waals surface area contributed by atoms with Gasteiger partial charge in [0, 0.05) is 5.70 Å². The molecule has 0 radical (unpaired) electrons. The summed E-state index contributed by atoms with van der Waals surface area (Å²) in [6.07, 6.45) is 0.709. The highest BCUT2D eigenvalue weighted by Gasteiger charge is 2.34. The number of amides is 2. The first-order valence-corrected chi connectivity index (χ1v) is 11.7. The number of carbonyl (C=O) groups excluding carboxylic acids is 2. The minimum atomic E-state index is -0.971. The lowest BCUT2D eigenvalue weighted by Gasteiger charge is -2.29. The van der Waals surface area contributed by atoms with Crippen molar-refractivity contribution in [3.8, 4) is 17.6 Å². The Bertz CT molecular complexity index is 1500. The molecule has 3 aromatic rings. The normalized spacial score (nSPS) is 15.9. The van der Waals surface area contributed by atoms with Crippen LogP contribution in [0.1, 0.15) is 34.7 Å². The predicted molar refractivity (Wildman–Crippen MR) is 130 cm³/mol. The largest absolute Gasteiger partial charge is 0.457 e. The number of ether oxygens (including phenoxy) is 3. The minimum Gasteiger partial charge on any atom is -0.457 e. The van der Waals surface area contributed by atoms with Gasteiger partial charge in [-0.3, -0.25) is 0 Å². The predicted octanol–water partition coefficient (Wildman–Crippen LogP) is 4.55. The Balaban J connectivity index is 1.44. The van der Waals surface area contributed by atoms with Crippen LogP contribution < -0.4 is 20.1 Å². The van der Waals surface area contributed by atoms with Crippen molar-refractivity contribution in [2.45, 2.75) is 25.5 Å². The third-order valence-electron chi connectivity index (χ3n) is 6.18. The monoisotopic (exact) mass is 517 g/mol. The summed E-state index contributed by atoms with van der Waals surface area (Å²) in [5.74, 6) is -0.713. The number of nitriles is 1. The summed E-state index contributed by atoms with van der Waals surface area (Å²) in [6.45, 7) is -0.0998. The fraction of sp³-hybridized carbons (Fsp3) is 0.179. The Hall–Kier alpha value is -4.91. The number of hydrogen-bond acceptors (Lipinski definition) is 6. The second-order valence-electron chi connectivity index (χ2n) is 8.67. The van der Waals surface area contributed by atoms with Crippen LogP contribution in [-0.4, -0.2) is 18.8 Å². The maximum Gasteiger partial charge on any atom is 0.338 e. The molecule has 0 saturated carbocycles. The highest BCUT2D eigenvalue weighted by molar-refractivity contribution is 5.95. The fourth-order valence-corrected chi connectivity index (χ4v) is 4.33. The second-order valence-corrected chi connectivity index (χ2v) is 8.67. The number of rotatable bonds is 7. The van der Waals surface area contributed by atoms with Gasteiger partial charge in [0.15, 0.2) is 11.5 Å². The van der Waals surface area contributed by atoms with Gasteiger partial charge in [0.2, 0.25) is 6.79 Å². The Morgan fingerprint density at radius 1 is 1.03 bits per heavy atom. The van der Waals surface area contributed by atoms with Crippen molar-refractivity contribution in [3.63, 3.8) is 0 Å². The van der Waals surface area contributed by atoms with Gasteiger partial charge in [-0.15, -0.1) is 0 Å². The van der Waals surface area contributed by atoms with Gasteiger partial charge >= 0.3 is 12.0 Å². The number of carbonyl (C=O) groups is 2. The number of halogens is 2. The van der Waals surface area contributed by atoms with Crippen LogP contribution in [0.3, 0.4) is 0 Å². The van der Waals surface area contributed by atoms with Crippen molar-refractivity contribution in [3.05, 3.63) is 106 Å². The molecule has 2 amide bonds. The second kappa shape index (κ2) is 10.6. The molecule has 10 heteroatoms. The molecule has 0 fully saturated rings. The number of fused-ring (bicyclic) bond motifs is 1. The van der Waals surface area contributed by atoms with Gasteiger partial charge in [-0.05, 0) is 65.9 Å². The number of nitrogens with one attached hydrogen (secondary N) is 2. The van der Waals surface area contributed by atoms with E-state index in [2.05, 4.69) is 10.6 Å². The smallest absolute Gasteiger partial charge is 0.338 e. The van der Waals surface area contributed by atoms with Crippen LogP contribution in [0, 0.1) is 23.0 Å². The fourth-order valence-electron chi connectivity index (χ4n) is 4.33. The Labute approximate surface area is 216 Å². The molecule has 0 saturated heterocycles. The molecule has 38 heavy (non-hydrogen) atoms. The van der Waals surface area contributed by atoms with Crippen LogP contribution in [0.25, 0.3) is 0 Å². The number of nitrogens with zero attached hydrogens (tertiary/aromatic N) is 1. The van der Waals surface area contributed by atoms with Crippen LogP contribution in [0.5, 0.6) is 11.5 Å². The van der Waals surface area contributed by atoms with Crippen molar-refractivity contribution in [1.82, 2.24) is 10.6 Å². The van der Waals surface area contributed by atoms with E-state index in [-0.39, 0.29) is 31.0 Å². The van der Waals surface area contributed by atoms with Crippen molar-refractivity contribution in [2.24, 2.45) is 0 Å². The summed E-state index contributed by atoms with van der Waals surface area (Å²) >= 11 is 0. The Morgan fingerprint density at radius 3 is 2.66 bits per heavy atom. The summed E-state index contributed by atoms with van der Waals surface area (Å²) in [7, 11) is 0. The van der Waals surface area contributed by atoms with Crippen LogP contribution in [0.15, 0.2) is 71.9 Å². The van der Waals surface area contributed by atoms with Crippen molar-refractivity contribution >= 4 is 12.0 Å². The van der Waals surface area contributed by atoms with Crippen molar-refractivity contribution < 1.29 is 32.6 Å². The molecule has 0 bridgehead atoms. The number of urea groups is 1. The standard InChI is InChI=1S/C28H21F2N3O5/c29-20-3-1-2-18(12-20)26-25(27(34)36-14-17-4-7-21(30)19(10-17)13-31)22(32-28(35)33-26)8-5-16-6-9-23-24(11-16)38-15-37-23/h1-4,6-7,9-12,26H,5,8,14-15H2,(H2,32,33,35). The summed E-state index contributed by atoms with van der Waals surface area (Å²) in [5, 5.41) is 14.4. The minimum absolute atomic E-state index is 0.110. The van der Waals surface area contributed by atoms with Gasteiger partial charge in [-0.2, -0.15) is 5.26 Å². The molecular weight excluding hydrogens is 496 g/mol. The topological polar surface area (TPSA) is 110 Å². The lowest BCUT2D eigenvalue weighted by atomic mass is 9.93. The zero-order chi connectivity index (χ0) is 26.6. The third kappa shape index (κ3) is 5.27. The molecule has 0 aromatic heterocycles. The zero-order valence-corrected chi connectivity index (χ0v) is 19.9. The third-order valence-corrected chi connectivity index (χ3v) is 6.18. The van der Waals surface area contributed by atoms with Gasteiger partial charge in [-0.25, -0.2) is 18.4 Å². The summed E-state index contributed by atoms with van der Waals surface area (Å²) < 4.78 is 44.0. The van der Waals surface area contributed by atoms with Gasteiger partial charge < -0.3 is 24.8 Å². The molecular formula is C28H21F2N3O5. The lowest BCUT2D eigenvalue weighted by Crippen LogP contribution is -2.46. The first-order chi connectivity index (χ1) is 18.4. The molecule has 2 aliphatic rings. The van der Waals surface area contributed by atoms with Crippen molar-refractivity contribution in [2.75, 3.05) is 6.79 Å². The maximum absolute atomic E-state index is 14.1. The quantitative estimate of drug-likeness (QED) is 0.445. The molecule has 5 rings (SSSR count). The van der Waals surface area contributed by atoms with Gasteiger partial charge in [0.05, 0.1) is 17.2 Å². The molecule has 0 spiro atoms. The van der Waals surface area contributed by atoms with E-state index < -0.39 is 29.7 Å².